The first-order chi connectivity index (χ1) is 8.34. The number of H-pyrrole nitrogens is 1. The third-order valence-electron chi connectivity index (χ3n) is 3.27. The van der Waals surface area contributed by atoms with Crippen molar-refractivity contribution < 1.29 is 4.79 Å². The Kier molecular flexibility index (Phi) is 4.55. The Morgan fingerprint density at radius 3 is 3.00 bits per heavy atom. The first-order valence-corrected chi connectivity index (χ1v) is 6.29. The zero-order valence-electron chi connectivity index (χ0n) is 10.0. The van der Waals surface area contributed by atoms with E-state index < -0.39 is 0 Å². The molecular weight excluding hydrogens is 216 g/mol. The number of nitrogens with zero attached hydrogens (tertiary/aromatic N) is 1. The number of aromatic nitrogens is 2. The summed E-state index contributed by atoms with van der Waals surface area (Å²) < 4.78 is 0. The molecule has 0 radical (unpaired) electrons. The van der Waals surface area contributed by atoms with E-state index in [0.717, 1.165) is 25.2 Å². The van der Waals surface area contributed by atoms with Gasteiger partial charge in [0.25, 0.3) is 0 Å². The Labute approximate surface area is 101 Å². The molecule has 0 atom stereocenters. The molecule has 5 heteroatoms. The molecule has 1 saturated heterocycles. The fourth-order valence-electron chi connectivity index (χ4n) is 2.17. The van der Waals surface area contributed by atoms with Gasteiger partial charge in [0.15, 0.2) is 0 Å². The van der Waals surface area contributed by atoms with Crippen LogP contribution in [0.2, 0.25) is 0 Å². The summed E-state index contributed by atoms with van der Waals surface area (Å²) in [6, 6.07) is 0. The SMILES string of the molecule is O=C(CCC1CCNCC1)NCc1cnc[nH]1. The number of piperidine rings is 1. The van der Waals surface area contributed by atoms with Crippen molar-refractivity contribution in [3.8, 4) is 0 Å². The number of imidazole rings is 1. The normalized spacial score (nSPS) is 16.9. The Morgan fingerprint density at radius 2 is 2.29 bits per heavy atom. The van der Waals surface area contributed by atoms with E-state index in [1.165, 1.54) is 12.8 Å². The van der Waals surface area contributed by atoms with Gasteiger partial charge in [-0.3, -0.25) is 4.79 Å². The minimum absolute atomic E-state index is 0.137. The van der Waals surface area contributed by atoms with Crippen molar-refractivity contribution in [3.63, 3.8) is 0 Å². The topological polar surface area (TPSA) is 69.8 Å². The summed E-state index contributed by atoms with van der Waals surface area (Å²) in [5.74, 6) is 0.854. The van der Waals surface area contributed by atoms with Crippen LogP contribution in [0.5, 0.6) is 0 Å². The predicted molar refractivity (Wildman–Crippen MR) is 65.3 cm³/mol. The molecule has 5 nitrogen and oxygen atoms in total. The molecule has 0 unspecified atom stereocenters. The van der Waals surface area contributed by atoms with Crippen LogP contribution in [0.1, 0.15) is 31.4 Å². The van der Waals surface area contributed by atoms with Gasteiger partial charge >= 0.3 is 0 Å². The third kappa shape index (κ3) is 4.19. The van der Waals surface area contributed by atoms with Crippen LogP contribution in [0, 0.1) is 5.92 Å². The number of hydrogen-bond donors (Lipinski definition) is 3. The summed E-state index contributed by atoms with van der Waals surface area (Å²) in [7, 11) is 0. The standard InChI is InChI=1S/C12H20N4O/c17-12(15-8-11-7-14-9-16-11)2-1-10-3-5-13-6-4-10/h7,9-10,13H,1-6,8H2,(H,14,16)(H,15,17). The van der Waals surface area contributed by atoms with Crippen LogP contribution in [0.4, 0.5) is 0 Å². The van der Waals surface area contributed by atoms with Crippen molar-refractivity contribution in [2.75, 3.05) is 13.1 Å². The summed E-state index contributed by atoms with van der Waals surface area (Å²) in [6.07, 6.45) is 7.40. The van der Waals surface area contributed by atoms with Gasteiger partial charge in [0.1, 0.15) is 0 Å². The van der Waals surface area contributed by atoms with Crippen LogP contribution in [0.15, 0.2) is 12.5 Å². The molecule has 1 fully saturated rings. The molecule has 3 N–H and O–H groups in total. The number of carbonyl (C=O) groups is 1. The average Bonchev–Trinajstić information content (AvgIpc) is 2.88. The molecule has 1 aromatic heterocycles. The average molecular weight is 236 g/mol. The highest BCUT2D eigenvalue weighted by Crippen LogP contribution is 2.17. The van der Waals surface area contributed by atoms with E-state index in [-0.39, 0.29) is 5.91 Å². The molecule has 17 heavy (non-hydrogen) atoms. The van der Waals surface area contributed by atoms with Gasteiger partial charge in [0.05, 0.1) is 18.6 Å². The van der Waals surface area contributed by atoms with Gasteiger partial charge in [-0.05, 0) is 38.3 Å². The number of hydrogen-bond acceptors (Lipinski definition) is 3. The van der Waals surface area contributed by atoms with E-state index in [9.17, 15) is 4.79 Å². The van der Waals surface area contributed by atoms with Crippen LogP contribution in [0.3, 0.4) is 0 Å². The largest absolute Gasteiger partial charge is 0.350 e. The zero-order valence-corrected chi connectivity index (χ0v) is 10.0. The molecule has 1 aliphatic rings. The lowest BCUT2D eigenvalue weighted by Crippen LogP contribution is -2.29. The number of nitrogens with one attached hydrogen (secondary N) is 3. The first kappa shape index (κ1) is 12.1. The second-order valence-electron chi connectivity index (χ2n) is 4.59. The number of aromatic amines is 1. The summed E-state index contributed by atoms with van der Waals surface area (Å²) in [5.41, 5.74) is 0.945. The van der Waals surface area contributed by atoms with Gasteiger partial charge in [-0.2, -0.15) is 0 Å². The summed E-state index contributed by atoms with van der Waals surface area (Å²) in [4.78, 5) is 18.5. The molecule has 1 aromatic rings. The molecule has 0 bridgehead atoms. The van der Waals surface area contributed by atoms with Gasteiger partial charge in [0.2, 0.25) is 5.91 Å². The molecule has 0 saturated carbocycles. The van der Waals surface area contributed by atoms with Crippen LogP contribution in [-0.4, -0.2) is 29.0 Å². The number of amides is 1. The van der Waals surface area contributed by atoms with Crippen molar-refractivity contribution in [1.29, 1.82) is 0 Å². The smallest absolute Gasteiger partial charge is 0.220 e. The number of rotatable bonds is 5. The molecule has 0 aromatic carbocycles. The Bertz CT molecular complexity index is 330. The quantitative estimate of drug-likeness (QED) is 0.708. The maximum atomic E-state index is 11.6. The fourth-order valence-corrected chi connectivity index (χ4v) is 2.17. The van der Waals surface area contributed by atoms with Crippen molar-refractivity contribution in [2.45, 2.75) is 32.2 Å². The molecule has 1 amide bonds. The van der Waals surface area contributed by atoms with Crippen molar-refractivity contribution in [3.05, 3.63) is 18.2 Å². The van der Waals surface area contributed by atoms with Gasteiger partial charge < -0.3 is 15.6 Å². The lowest BCUT2D eigenvalue weighted by molar-refractivity contribution is -0.121. The third-order valence-corrected chi connectivity index (χ3v) is 3.27. The highest BCUT2D eigenvalue weighted by atomic mass is 16.1. The van der Waals surface area contributed by atoms with E-state index >= 15 is 0 Å². The van der Waals surface area contributed by atoms with Crippen molar-refractivity contribution in [1.82, 2.24) is 20.6 Å². The lowest BCUT2D eigenvalue weighted by Gasteiger charge is -2.22. The summed E-state index contributed by atoms with van der Waals surface area (Å²) in [6.45, 7) is 2.74. The molecule has 1 aliphatic heterocycles. The summed E-state index contributed by atoms with van der Waals surface area (Å²) >= 11 is 0. The Morgan fingerprint density at radius 1 is 1.47 bits per heavy atom. The van der Waals surface area contributed by atoms with Gasteiger partial charge in [-0.25, -0.2) is 4.98 Å². The molecule has 2 rings (SSSR count). The van der Waals surface area contributed by atoms with Gasteiger partial charge in [-0.15, -0.1) is 0 Å². The molecule has 0 spiro atoms. The van der Waals surface area contributed by atoms with E-state index in [2.05, 4.69) is 20.6 Å². The fraction of sp³-hybridized carbons (Fsp3) is 0.667. The first-order valence-electron chi connectivity index (χ1n) is 6.29. The van der Waals surface area contributed by atoms with E-state index in [1.54, 1.807) is 12.5 Å². The van der Waals surface area contributed by atoms with Crippen LogP contribution in [-0.2, 0) is 11.3 Å². The van der Waals surface area contributed by atoms with E-state index in [1.807, 2.05) is 0 Å². The second-order valence-corrected chi connectivity index (χ2v) is 4.59. The zero-order chi connectivity index (χ0) is 11.9. The van der Waals surface area contributed by atoms with Crippen LogP contribution < -0.4 is 10.6 Å². The van der Waals surface area contributed by atoms with Gasteiger partial charge in [0, 0.05) is 12.6 Å². The maximum absolute atomic E-state index is 11.6. The molecule has 2 heterocycles. The van der Waals surface area contributed by atoms with Crippen molar-refractivity contribution >= 4 is 5.91 Å². The summed E-state index contributed by atoms with van der Waals surface area (Å²) in [5, 5.41) is 6.23. The second kappa shape index (κ2) is 6.39. The Balaban J connectivity index is 1.60. The Hall–Kier alpha value is -1.36. The van der Waals surface area contributed by atoms with Crippen LogP contribution >= 0.6 is 0 Å². The monoisotopic (exact) mass is 236 g/mol. The predicted octanol–water partition coefficient (Wildman–Crippen LogP) is 0.806. The molecular formula is C12H20N4O. The van der Waals surface area contributed by atoms with Crippen LogP contribution in [0.25, 0.3) is 0 Å². The van der Waals surface area contributed by atoms with E-state index in [0.29, 0.717) is 18.9 Å². The molecule has 0 aliphatic carbocycles. The highest BCUT2D eigenvalue weighted by Gasteiger charge is 2.14. The van der Waals surface area contributed by atoms with Crippen molar-refractivity contribution in [2.24, 2.45) is 5.92 Å². The van der Waals surface area contributed by atoms with E-state index in [4.69, 9.17) is 0 Å². The highest BCUT2D eigenvalue weighted by molar-refractivity contribution is 5.75. The molecule has 94 valence electrons. The minimum atomic E-state index is 0.137. The maximum Gasteiger partial charge on any atom is 0.220 e. The minimum Gasteiger partial charge on any atom is -0.350 e. The number of carbonyl (C=O) groups excluding carboxylic acids is 1. The van der Waals surface area contributed by atoms with Gasteiger partial charge in [-0.1, -0.05) is 0 Å². The lowest BCUT2D eigenvalue weighted by atomic mass is 9.93.